The van der Waals surface area contributed by atoms with E-state index in [1.165, 1.54) is 18.2 Å². The molecule has 1 aromatic heterocycles. The zero-order valence-corrected chi connectivity index (χ0v) is 15.6. The number of aromatic nitrogens is 3. The van der Waals surface area contributed by atoms with E-state index in [4.69, 9.17) is 4.98 Å². The lowest BCUT2D eigenvalue weighted by Gasteiger charge is -2.34. The van der Waals surface area contributed by atoms with Gasteiger partial charge in [0.15, 0.2) is 5.78 Å². The number of nitrogens with zero attached hydrogens (tertiary/aromatic N) is 3. The van der Waals surface area contributed by atoms with Gasteiger partial charge in [0.25, 0.3) is 0 Å². The fraction of sp³-hybridized carbons (Fsp3) is 0.500. The number of carbonyl (C=O) groups excluding carboxylic acids is 1. The molecule has 2 aromatic rings. The third kappa shape index (κ3) is 1.90. The largest absolute Gasteiger partial charge is 0.293 e. The van der Waals surface area contributed by atoms with E-state index in [9.17, 15) is 4.79 Å². The average molecular weight is 351 g/mol. The summed E-state index contributed by atoms with van der Waals surface area (Å²) in [5, 5.41) is 9.45. The van der Waals surface area contributed by atoms with E-state index in [1.807, 2.05) is 24.3 Å². The van der Waals surface area contributed by atoms with Crippen molar-refractivity contribution in [2.45, 2.75) is 61.8 Å². The summed E-state index contributed by atoms with van der Waals surface area (Å²) in [6.45, 7) is 6.98. The van der Waals surface area contributed by atoms with Gasteiger partial charge < -0.3 is 0 Å². The summed E-state index contributed by atoms with van der Waals surface area (Å²) in [7, 11) is 0. The summed E-state index contributed by atoms with van der Waals surface area (Å²) >= 11 is 1.47. The van der Waals surface area contributed by atoms with Crippen LogP contribution in [0.1, 0.15) is 66.8 Å². The van der Waals surface area contributed by atoms with E-state index < -0.39 is 0 Å². The van der Waals surface area contributed by atoms with Crippen LogP contribution >= 0.6 is 11.8 Å². The molecule has 4 nitrogen and oxygen atoms in total. The molecule has 3 aliphatic carbocycles. The van der Waals surface area contributed by atoms with Gasteiger partial charge in [-0.25, -0.2) is 4.98 Å². The minimum Gasteiger partial charge on any atom is -0.293 e. The third-order valence-corrected chi connectivity index (χ3v) is 8.05. The van der Waals surface area contributed by atoms with E-state index in [0.29, 0.717) is 11.1 Å². The molecule has 1 fully saturated rings. The van der Waals surface area contributed by atoms with Crippen molar-refractivity contribution < 1.29 is 4.79 Å². The van der Waals surface area contributed by atoms with Gasteiger partial charge in [0.2, 0.25) is 5.16 Å². The van der Waals surface area contributed by atoms with E-state index in [1.54, 1.807) is 0 Å². The van der Waals surface area contributed by atoms with Gasteiger partial charge in [0.1, 0.15) is 0 Å². The minimum absolute atomic E-state index is 0.0703. The third-order valence-electron chi connectivity index (χ3n) is 7.00. The normalized spacial score (nSPS) is 31.2. The predicted octanol–water partition coefficient (Wildman–Crippen LogP) is 3.95. The number of Topliss-reactive ketones (excluding diaryl/α,β-unsaturated/α-hetero) is 1. The number of rotatable bonds is 2. The molecule has 0 unspecified atom stereocenters. The first-order valence-corrected chi connectivity index (χ1v) is 9.84. The van der Waals surface area contributed by atoms with Crippen molar-refractivity contribution in [2.24, 2.45) is 5.41 Å². The molecular formula is C20H21N3OS. The zero-order chi connectivity index (χ0) is 17.4. The first kappa shape index (κ1) is 15.5. The molecule has 0 radical (unpaired) electrons. The van der Waals surface area contributed by atoms with Crippen molar-refractivity contribution in [3.8, 4) is 0 Å². The highest BCUT2D eigenvalue weighted by atomic mass is 32.2. The van der Waals surface area contributed by atoms with Crippen LogP contribution in [0.25, 0.3) is 0 Å². The van der Waals surface area contributed by atoms with Crippen LogP contribution in [-0.4, -0.2) is 26.2 Å². The number of ketones is 1. The van der Waals surface area contributed by atoms with Crippen LogP contribution in [0.4, 0.5) is 0 Å². The Hall–Kier alpha value is -1.75. The van der Waals surface area contributed by atoms with Crippen molar-refractivity contribution in [3.63, 3.8) is 0 Å². The number of thioether (sulfide) groups is 1. The summed E-state index contributed by atoms with van der Waals surface area (Å²) in [6.07, 6.45) is 3.09. The van der Waals surface area contributed by atoms with Gasteiger partial charge in [-0.2, -0.15) is 5.10 Å². The van der Waals surface area contributed by atoms with Gasteiger partial charge in [-0.05, 0) is 30.2 Å². The number of fused-ring (bicyclic) bond motifs is 6. The molecule has 0 spiro atoms. The van der Waals surface area contributed by atoms with Gasteiger partial charge >= 0.3 is 0 Å². The summed E-state index contributed by atoms with van der Waals surface area (Å²) < 4.78 is 0. The molecule has 0 saturated heterocycles. The van der Waals surface area contributed by atoms with Crippen molar-refractivity contribution in [3.05, 3.63) is 46.8 Å². The van der Waals surface area contributed by atoms with Crippen molar-refractivity contribution in [1.29, 1.82) is 0 Å². The molecule has 3 aliphatic rings. The molecule has 1 saturated carbocycles. The first-order valence-electron chi connectivity index (χ1n) is 8.96. The van der Waals surface area contributed by atoms with E-state index in [2.05, 4.69) is 31.0 Å². The molecular weight excluding hydrogens is 330 g/mol. The summed E-state index contributed by atoms with van der Waals surface area (Å²) in [4.78, 5) is 17.5. The van der Waals surface area contributed by atoms with Crippen molar-refractivity contribution >= 4 is 17.5 Å². The van der Waals surface area contributed by atoms with Crippen LogP contribution in [0.5, 0.6) is 0 Å². The highest BCUT2D eigenvalue weighted by molar-refractivity contribution is 8.00. The Morgan fingerprint density at radius 3 is 2.76 bits per heavy atom. The number of hydrogen-bond donors (Lipinski definition) is 0. The average Bonchev–Trinajstić information content (AvgIpc) is 3.09. The second kappa shape index (κ2) is 4.91. The second-order valence-corrected chi connectivity index (χ2v) is 9.48. The predicted molar refractivity (Wildman–Crippen MR) is 97.1 cm³/mol. The summed E-state index contributed by atoms with van der Waals surface area (Å²) in [6, 6.07) is 7.88. The lowest BCUT2D eigenvalue weighted by atomic mass is 9.70. The minimum atomic E-state index is -0.128. The first-order chi connectivity index (χ1) is 11.9. The fourth-order valence-corrected chi connectivity index (χ4v) is 6.02. The maximum absolute atomic E-state index is 12.6. The number of benzene rings is 1. The molecule has 25 heavy (non-hydrogen) atoms. The molecule has 5 rings (SSSR count). The Morgan fingerprint density at radius 1 is 1.16 bits per heavy atom. The highest BCUT2D eigenvalue weighted by Gasteiger charge is 2.61. The van der Waals surface area contributed by atoms with Crippen LogP contribution in [-0.2, 0) is 11.8 Å². The molecule has 3 atom stereocenters. The molecule has 5 heteroatoms. The topological polar surface area (TPSA) is 55.7 Å². The van der Waals surface area contributed by atoms with Gasteiger partial charge in [0.05, 0.1) is 16.6 Å². The Kier molecular flexibility index (Phi) is 3.04. The highest BCUT2D eigenvalue weighted by Crippen LogP contribution is 2.66. The van der Waals surface area contributed by atoms with Crippen LogP contribution in [0.2, 0.25) is 0 Å². The van der Waals surface area contributed by atoms with Gasteiger partial charge in [-0.3, -0.25) is 4.79 Å². The Bertz CT molecular complexity index is 910. The van der Waals surface area contributed by atoms with E-state index in [0.717, 1.165) is 35.4 Å². The maximum Gasteiger partial charge on any atom is 0.210 e. The molecule has 2 bridgehead atoms. The molecule has 1 aromatic carbocycles. The van der Waals surface area contributed by atoms with Crippen molar-refractivity contribution in [1.82, 2.24) is 15.2 Å². The fourth-order valence-electron chi connectivity index (χ4n) is 5.04. The smallest absolute Gasteiger partial charge is 0.210 e. The number of carbonyl (C=O) groups is 1. The Morgan fingerprint density at radius 2 is 1.96 bits per heavy atom. The SMILES string of the molecule is CC1(C)[C@H]2CC[C@]1(C)c1nc(S[C@H]3Cc4ccccc4C3=O)nnc12. The van der Waals surface area contributed by atoms with Crippen LogP contribution < -0.4 is 0 Å². The molecule has 0 amide bonds. The Balaban J connectivity index is 1.47. The monoisotopic (exact) mass is 351 g/mol. The zero-order valence-electron chi connectivity index (χ0n) is 14.7. The maximum atomic E-state index is 12.6. The van der Waals surface area contributed by atoms with Gasteiger partial charge in [-0.15, -0.1) is 5.10 Å². The van der Waals surface area contributed by atoms with E-state index >= 15 is 0 Å². The molecule has 1 heterocycles. The lowest BCUT2D eigenvalue weighted by Crippen LogP contribution is -2.32. The molecule has 0 N–H and O–H groups in total. The quantitative estimate of drug-likeness (QED) is 0.820. The van der Waals surface area contributed by atoms with Crippen LogP contribution in [0, 0.1) is 5.41 Å². The summed E-state index contributed by atoms with van der Waals surface area (Å²) in [5.41, 5.74) is 4.44. The summed E-state index contributed by atoms with van der Waals surface area (Å²) in [5.74, 6) is 0.654. The van der Waals surface area contributed by atoms with Crippen molar-refractivity contribution in [2.75, 3.05) is 0 Å². The van der Waals surface area contributed by atoms with Crippen LogP contribution in [0.3, 0.4) is 0 Å². The Labute approximate surface area is 151 Å². The van der Waals surface area contributed by atoms with Gasteiger partial charge in [0, 0.05) is 16.9 Å². The van der Waals surface area contributed by atoms with E-state index in [-0.39, 0.29) is 21.9 Å². The molecule has 128 valence electrons. The standard InChI is InChI=1S/C20H21N3OS/c1-19(2)13-8-9-20(19,3)17-15(13)22-23-18(21-17)25-14-10-11-6-4-5-7-12(11)16(14)24/h4-7,13-14H,8-10H2,1-3H3/t13-,14-,20+/m0/s1. The lowest BCUT2D eigenvalue weighted by molar-refractivity contribution is 0.1000. The second-order valence-electron chi connectivity index (χ2n) is 8.31. The van der Waals surface area contributed by atoms with Crippen LogP contribution in [0.15, 0.2) is 29.4 Å². The molecule has 0 aliphatic heterocycles. The van der Waals surface area contributed by atoms with Gasteiger partial charge in [-0.1, -0.05) is 56.8 Å². The number of hydrogen-bond acceptors (Lipinski definition) is 5.